The van der Waals surface area contributed by atoms with E-state index in [1.165, 1.54) is 0 Å². The summed E-state index contributed by atoms with van der Waals surface area (Å²) >= 11 is 0. The van der Waals surface area contributed by atoms with Gasteiger partial charge in [0.1, 0.15) is 5.75 Å². The molecular formula is C17H21NO4. The summed E-state index contributed by atoms with van der Waals surface area (Å²) in [5.74, 6) is -0.877. The number of allylic oxidation sites excluding steroid dienone is 2. The topological polar surface area (TPSA) is 75.6 Å². The first-order valence-electron chi connectivity index (χ1n) is 6.95. The molecule has 0 spiro atoms. The van der Waals surface area contributed by atoms with Gasteiger partial charge in [0.2, 0.25) is 5.91 Å². The van der Waals surface area contributed by atoms with Crippen LogP contribution >= 0.6 is 0 Å². The number of carboxylic acids is 1. The molecule has 1 amide bonds. The van der Waals surface area contributed by atoms with Crippen LogP contribution in [0.5, 0.6) is 5.75 Å². The number of hydrogen-bond acceptors (Lipinski definition) is 3. The Kier molecular flexibility index (Phi) is 6.89. The molecule has 1 aromatic rings. The number of amides is 1. The Morgan fingerprint density at radius 1 is 1.32 bits per heavy atom. The van der Waals surface area contributed by atoms with Crippen LogP contribution in [0.25, 0.3) is 0 Å². The molecule has 0 aliphatic heterocycles. The van der Waals surface area contributed by atoms with E-state index in [4.69, 9.17) is 9.84 Å². The molecule has 0 radical (unpaired) electrons. The van der Waals surface area contributed by atoms with Crippen molar-refractivity contribution in [3.8, 4) is 5.75 Å². The highest BCUT2D eigenvalue weighted by molar-refractivity contribution is 5.93. The van der Waals surface area contributed by atoms with Crippen molar-refractivity contribution in [3.63, 3.8) is 0 Å². The molecule has 1 aromatic carbocycles. The molecule has 22 heavy (non-hydrogen) atoms. The van der Waals surface area contributed by atoms with Crippen LogP contribution in [0.15, 0.2) is 43.5 Å². The number of nitrogens with one attached hydrogen (secondary N) is 1. The van der Waals surface area contributed by atoms with Gasteiger partial charge in [0.25, 0.3) is 0 Å². The number of anilines is 1. The van der Waals surface area contributed by atoms with E-state index in [0.29, 0.717) is 24.3 Å². The van der Waals surface area contributed by atoms with Gasteiger partial charge >= 0.3 is 5.97 Å². The molecule has 0 aromatic heterocycles. The highest BCUT2D eigenvalue weighted by Gasteiger charge is 2.16. The minimum absolute atomic E-state index is 0.0953. The zero-order valence-electron chi connectivity index (χ0n) is 12.7. The molecule has 0 fully saturated rings. The standard InChI is InChI=1S/C17H21NO4/c1-4-6-13(7-5-2)17(21)18-15-9-8-14(10-12(15)3)22-11-16(19)20/h4-5,8-10,13H,1-2,6-7,11H2,3H3,(H,18,21)(H,19,20). The van der Waals surface area contributed by atoms with Crippen molar-refractivity contribution in [3.05, 3.63) is 49.1 Å². The molecule has 5 heteroatoms. The first kappa shape index (κ1) is 17.5. The van der Waals surface area contributed by atoms with Gasteiger partial charge in [0.15, 0.2) is 6.61 Å². The quantitative estimate of drug-likeness (QED) is 0.687. The zero-order chi connectivity index (χ0) is 16.5. The van der Waals surface area contributed by atoms with Gasteiger partial charge in [-0.05, 0) is 43.5 Å². The number of rotatable bonds is 9. The smallest absolute Gasteiger partial charge is 0.341 e. The number of carboxylic acid groups (broad SMARTS) is 1. The minimum Gasteiger partial charge on any atom is -0.482 e. The van der Waals surface area contributed by atoms with Crippen LogP contribution in [-0.4, -0.2) is 23.6 Å². The third-order valence-electron chi connectivity index (χ3n) is 3.09. The Morgan fingerprint density at radius 3 is 2.45 bits per heavy atom. The number of benzene rings is 1. The minimum atomic E-state index is -1.04. The summed E-state index contributed by atoms with van der Waals surface area (Å²) in [5.41, 5.74) is 1.47. The first-order chi connectivity index (χ1) is 10.5. The van der Waals surface area contributed by atoms with Crippen LogP contribution in [-0.2, 0) is 9.59 Å². The predicted octanol–water partition coefficient (Wildman–Crippen LogP) is 3.17. The van der Waals surface area contributed by atoms with Crippen LogP contribution in [0.4, 0.5) is 5.69 Å². The normalized spacial score (nSPS) is 10.1. The largest absolute Gasteiger partial charge is 0.482 e. The van der Waals surface area contributed by atoms with E-state index in [-0.39, 0.29) is 11.8 Å². The maximum atomic E-state index is 12.2. The lowest BCUT2D eigenvalue weighted by atomic mass is 10.00. The average Bonchev–Trinajstić information content (AvgIpc) is 2.47. The fourth-order valence-corrected chi connectivity index (χ4v) is 1.96. The molecule has 0 saturated carbocycles. The number of carbonyl (C=O) groups excluding carboxylic acids is 1. The fraction of sp³-hybridized carbons (Fsp3) is 0.294. The van der Waals surface area contributed by atoms with E-state index in [9.17, 15) is 9.59 Å². The van der Waals surface area contributed by atoms with E-state index < -0.39 is 12.6 Å². The molecule has 0 saturated heterocycles. The molecule has 0 bridgehead atoms. The first-order valence-corrected chi connectivity index (χ1v) is 6.95. The molecule has 2 N–H and O–H groups in total. The van der Waals surface area contributed by atoms with Gasteiger partial charge in [-0.2, -0.15) is 0 Å². The summed E-state index contributed by atoms with van der Waals surface area (Å²) < 4.78 is 5.09. The van der Waals surface area contributed by atoms with E-state index in [1.54, 1.807) is 30.4 Å². The van der Waals surface area contributed by atoms with E-state index in [0.717, 1.165) is 5.56 Å². The van der Waals surface area contributed by atoms with Gasteiger partial charge in [-0.25, -0.2) is 4.79 Å². The van der Waals surface area contributed by atoms with Crippen LogP contribution in [0.3, 0.4) is 0 Å². The van der Waals surface area contributed by atoms with E-state index in [1.807, 2.05) is 6.92 Å². The van der Waals surface area contributed by atoms with Crippen LogP contribution < -0.4 is 10.1 Å². The number of aryl methyl sites for hydroxylation is 1. The average molecular weight is 303 g/mol. The number of ether oxygens (including phenoxy) is 1. The maximum absolute atomic E-state index is 12.2. The number of aliphatic carboxylic acids is 1. The monoisotopic (exact) mass is 303 g/mol. The van der Waals surface area contributed by atoms with Crippen LogP contribution in [0.1, 0.15) is 18.4 Å². The Hall–Kier alpha value is -2.56. The fourth-order valence-electron chi connectivity index (χ4n) is 1.96. The molecular weight excluding hydrogens is 282 g/mol. The SMILES string of the molecule is C=CCC(CC=C)C(=O)Nc1ccc(OCC(=O)O)cc1C. The second-order valence-electron chi connectivity index (χ2n) is 4.89. The molecule has 5 nitrogen and oxygen atoms in total. The Balaban J connectivity index is 2.76. The molecule has 0 unspecified atom stereocenters. The summed E-state index contributed by atoms with van der Waals surface area (Å²) in [5, 5.41) is 11.4. The highest BCUT2D eigenvalue weighted by atomic mass is 16.5. The van der Waals surface area contributed by atoms with Crippen molar-refractivity contribution in [1.29, 1.82) is 0 Å². The molecule has 0 aliphatic rings. The predicted molar refractivity (Wildman–Crippen MR) is 86.1 cm³/mol. The molecule has 0 aliphatic carbocycles. The Bertz CT molecular complexity index is 556. The van der Waals surface area contributed by atoms with Gasteiger partial charge in [-0.15, -0.1) is 13.2 Å². The summed E-state index contributed by atoms with van der Waals surface area (Å²) in [4.78, 5) is 22.7. The van der Waals surface area contributed by atoms with Crippen molar-refractivity contribution < 1.29 is 19.4 Å². The Morgan fingerprint density at radius 2 is 1.95 bits per heavy atom. The lowest BCUT2D eigenvalue weighted by Crippen LogP contribution is -2.22. The number of carbonyl (C=O) groups is 2. The van der Waals surface area contributed by atoms with Crippen molar-refractivity contribution in [2.45, 2.75) is 19.8 Å². The third-order valence-corrected chi connectivity index (χ3v) is 3.09. The third kappa shape index (κ3) is 5.44. The Labute approximate surface area is 130 Å². The summed E-state index contributed by atoms with van der Waals surface area (Å²) in [7, 11) is 0. The zero-order valence-corrected chi connectivity index (χ0v) is 12.7. The summed E-state index contributed by atoms with van der Waals surface area (Å²) in [6.07, 6.45) is 4.58. The summed E-state index contributed by atoms with van der Waals surface area (Å²) in [6.45, 7) is 8.74. The van der Waals surface area contributed by atoms with Crippen molar-refractivity contribution in [2.24, 2.45) is 5.92 Å². The van der Waals surface area contributed by atoms with Gasteiger partial charge < -0.3 is 15.2 Å². The van der Waals surface area contributed by atoms with Crippen LogP contribution in [0, 0.1) is 12.8 Å². The van der Waals surface area contributed by atoms with Gasteiger partial charge in [-0.1, -0.05) is 12.2 Å². The highest BCUT2D eigenvalue weighted by Crippen LogP contribution is 2.23. The molecule has 0 atom stereocenters. The second kappa shape index (κ2) is 8.67. The van der Waals surface area contributed by atoms with Crippen molar-refractivity contribution >= 4 is 17.6 Å². The number of hydrogen-bond donors (Lipinski definition) is 2. The van der Waals surface area contributed by atoms with Crippen molar-refractivity contribution in [2.75, 3.05) is 11.9 Å². The summed E-state index contributed by atoms with van der Waals surface area (Å²) in [6, 6.07) is 5.01. The second-order valence-corrected chi connectivity index (χ2v) is 4.89. The van der Waals surface area contributed by atoms with E-state index >= 15 is 0 Å². The van der Waals surface area contributed by atoms with Gasteiger partial charge in [-0.3, -0.25) is 4.79 Å². The molecule has 1 rings (SSSR count). The molecule has 0 heterocycles. The maximum Gasteiger partial charge on any atom is 0.341 e. The van der Waals surface area contributed by atoms with E-state index in [2.05, 4.69) is 18.5 Å². The van der Waals surface area contributed by atoms with Gasteiger partial charge in [0, 0.05) is 11.6 Å². The lowest BCUT2D eigenvalue weighted by molar-refractivity contribution is -0.139. The van der Waals surface area contributed by atoms with Crippen LogP contribution in [0.2, 0.25) is 0 Å². The molecule has 118 valence electrons. The van der Waals surface area contributed by atoms with Gasteiger partial charge in [0.05, 0.1) is 0 Å². The lowest BCUT2D eigenvalue weighted by Gasteiger charge is -2.15. The van der Waals surface area contributed by atoms with Crippen molar-refractivity contribution in [1.82, 2.24) is 0 Å².